The van der Waals surface area contributed by atoms with Crippen LogP contribution in [0.4, 0.5) is 0 Å². The lowest BCUT2D eigenvalue weighted by molar-refractivity contribution is 0.128. The number of nitrogens with two attached hydrogens (primary N) is 1. The number of methoxy groups -OCH3 is 1. The number of hydrogen-bond acceptors (Lipinski definition) is 5. The number of rotatable bonds is 6. The highest BCUT2D eigenvalue weighted by atomic mass is 32.2. The molecule has 1 rings (SSSR count). The van der Waals surface area contributed by atoms with Crippen LogP contribution in [-0.2, 0) is 14.6 Å². The van der Waals surface area contributed by atoms with E-state index in [1.165, 1.54) is 0 Å². The van der Waals surface area contributed by atoms with Gasteiger partial charge in [-0.2, -0.15) is 0 Å². The minimum Gasteiger partial charge on any atom is -0.383 e. The van der Waals surface area contributed by atoms with Gasteiger partial charge in [-0.05, 0) is 6.42 Å². The van der Waals surface area contributed by atoms with E-state index < -0.39 is 9.84 Å². The first kappa shape index (κ1) is 12.9. The molecule has 1 fully saturated rings. The average Bonchev–Trinajstić information content (AvgIpc) is 2.53. The van der Waals surface area contributed by atoms with Gasteiger partial charge in [0.05, 0.1) is 18.1 Å². The second kappa shape index (κ2) is 5.79. The van der Waals surface area contributed by atoms with Crippen LogP contribution in [0.15, 0.2) is 0 Å². The summed E-state index contributed by atoms with van der Waals surface area (Å²) in [5, 5.41) is 0. The standard InChI is InChI=1S/C9H20N2O3S/c1-14-6-5-11(4-3-10)9-2-7-15(12,13)8-9/h9H,2-8,10H2,1H3. The van der Waals surface area contributed by atoms with Crippen molar-refractivity contribution in [2.24, 2.45) is 5.73 Å². The molecule has 0 bridgehead atoms. The van der Waals surface area contributed by atoms with Gasteiger partial charge in [-0.15, -0.1) is 0 Å². The highest BCUT2D eigenvalue weighted by molar-refractivity contribution is 7.91. The molecule has 1 aliphatic heterocycles. The molecule has 5 nitrogen and oxygen atoms in total. The van der Waals surface area contributed by atoms with Crippen LogP contribution in [0.3, 0.4) is 0 Å². The van der Waals surface area contributed by atoms with E-state index in [2.05, 4.69) is 4.90 Å². The molecular formula is C9H20N2O3S. The summed E-state index contributed by atoms with van der Waals surface area (Å²) in [5.41, 5.74) is 5.50. The first-order chi connectivity index (χ1) is 7.09. The van der Waals surface area contributed by atoms with Crippen molar-refractivity contribution in [1.29, 1.82) is 0 Å². The van der Waals surface area contributed by atoms with E-state index in [1.54, 1.807) is 7.11 Å². The lowest BCUT2D eigenvalue weighted by Gasteiger charge is -2.26. The molecule has 1 saturated heterocycles. The monoisotopic (exact) mass is 236 g/mol. The van der Waals surface area contributed by atoms with E-state index in [1.807, 2.05) is 0 Å². The fourth-order valence-electron chi connectivity index (χ4n) is 1.91. The summed E-state index contributed by atoms with van der Waals surface area (Å²) in [6.45, 7) is 2.67. The van der Waals surface area contributed by atoms with Crippen LogP contribution < -0.4 is 5.73 Å². The van der Waals surface area contributed by atoms with Gasteiger partial charge in [0, 0.05) is 32.8 Å². The SMILES string of the molecule is COCCN(CCN)C1CCS(=O)(=O)C1. The van der Waals surface area contributed by atoms with Crippen LogP contribution in [0.1, 0.15) is 6.42 Å². The van der Waals surface area contributed by atoms with Gasteiger partial charge in [0.25, 0.3) is 0 Å². The molecule has 1 unspecified atom stereocenters. The number of nitrogens with zero attached hydrogens (tertiary/aromatic N) is 1. The Labute approximate surface area is 91.5 Å². The van der Waals surface area contributed by atoms with Gasteiger partial charge in [-0.25, -0.2) is 8.42 Å². The quantitative estimate of drug-likeness (QED) is 0.646. The normalized spacial score (nSPS) is 24.9. The average molecular weight is 236 g/mol. The van der Waals surface area contributed by atoms with Gasteiger partial charge in [0.2, 0.25) is 0 Å². The summed E-state index contributed by atoms with van der Waals surface area (Å²) in [6.07, 6.45) is 0.728. The maximum Gasteiger partial charge on any atom is 0.151 e. The Morgan fingerprint density at radius 2 is 2.20 bits per heavy atom. The molecule has 6 heteroatoms. The third-order valence-corrected chi connectivity index (χ3v) is 4.47. The van der Waals surface area contributed by atoms with Gasteiger partial charge in [0.1, 0.15) is 0 Å². The second-order valence-corrected chi connectivity index (χ2v) is 6.10. The lowest BCUT2D eigenvalue weighted by atomic mass is 10.2. The van der Waals surface area contributed by atoms with Crippen LogP contribution in [0.2, 0.25) is 0 Å². The van der Waals surface area contributed by atoms with Crippen molar-refractivity contribution in [1.82, 2.24) is 4.90 Å². The van der Waals surface area contributed by atoms with Gasteiger partial charge in [-0.1, -0.05) is 0 Å². The zero-order valence-corrected chi connectivity index (χ0v) is 10.0. The number of hydrogen-bond donors (Lipinski definition) is 1. The minimum atomic E-state index is -2.81. The van der Waals surface area contributed by atoms with E-state index in [9.17, 15) is 8.42 Å². The van der Waals surface area contributed by atoms with Crippen LogP contribution >= 0.6 is 0 Å². The molecule has 0 amide bonds. The van der Waals surface area contributed by atoms with Gasteiger partial charge in [0.15, 0.2) is 9.84 Å². The molecule has 1 aliphatic rings. The summed E-state index contributed by atoms with van der Waals surface area (Å²) in [6, 6.07) is 0.133. The molecule has 15 heavy (non-hydrogen) atoms. The van der Waals surface area contributed by atoms with Crippen molar-refractivity contribution < 1.29 is 13.2 Å². The van der Waals surface area contributed by atoms with Crippen molar-refractivity contribution in [3.63, 3.8) is 0 Å². The van der Waals surface area contributed by atoms with Crippen LogP contribution in [0.5, 0.6) is 0 Å². The van der Waals surface area contributed by atoms with Crippen LogP contribution in [0.25, 0.3) is 0 Å². The first-order valence-electron chi connectivity index (χ1n) is 5.22. The minimum absolute atomic E-state index is 0.133. The maximum atomic E-state index is 11.3. The molecule has 1 heterocycles. The number of sulfone groups is 1. The number of ether oxygens (including phenoxy) is 1. The zero-order chi connectivity index (χ0) is 11.3. The predicted molar refractivity (Wildman–Crippen MR) is 59.6 cm³/mol. The Balaban J connectivity index is 2.49. The fraction of sp³-hybridized carbons (Fsp3) is 1.00. The molecule has 0 aliphatic carbocycles. The third-order valence-electron chi connectivity index (χ3n) is 2.72. The smallest absolute Gasteiger partial charge is 0.151 e. The Morgan fingerprint density at radius 3 is 2.67 bits per heavy atom. The summed E-state index contributed by atoms with van der Waals surface area (Å²) in [5.74, 6) is 0.586. The maximum absolute atomic E-state index is 11.3. The van der Waals surface area contributed by atoms with Gasteiger partial charge >= 0.3 is 0 Å². The van der Waals surface area contributed by atoms with Crippen molar-refractivity contribution in [2.75, 3.05) is 44.9 Å². The van der Waals surface area contributed by atoms with Crippen molar-refractivity contribution in [2.45, 2.75) is 12.5 Å². The molecule has 0 spiro atoms. The van der Waals surface area contributed by atoms with Gasteiger partial charge in [-0.3, -0.25) is 4.90 Å². The van der Waals surface area contributed by atoms with Crippen LogP contribution in [0, 0.1) is 0 Å². The summed E-state index contributed by atoms with van der Waals surface area (Å²) in [7, 11) is -1.16. The Bertz CT molecular complexity index is 279. The molecule has 0 aromatic heterocycles. The fourth-order valence-corrected chi connectivity index (χ4v) is 3.68. The summed E-state index contributed by atoms with van der Waals surface area (Å²) in [4.78, 5) is 2.12. The van der Waals surface area contributed by atoms with Crippen LogP contribution in [-0.4, -0.2) is 64.2 Å². The Hall–Kier alpha value is -0.170. The highest BCUT2D eigenvalue weighted by Crippen LogP contribution is 2.17. The first-order valence-corrected chi connectivity index (χ1v) is 7.04. The molecular weight excluding hydrogens is 216 g/mol. The highest BCUT2D eigenvalue weighted by Gasteiger charge is 2.31. The Kier molecular flexibility index (Phi) is 4.98. The Morgan fingerprint density at radius 1 is 1.47 bits per heavy atom. The van der Waals surface area contributed by atoms with E-state index in [-0.39, 0.29) is 11.8 Å². The second-order valence-electron chi connectivity index (χ2n) is 3.87. The van der Waals surface area contributed by atoms with Gasteiger partial charge < -0.3 is 10.5 Å². The summed E-state index contributed by atoms with van der Waals surface area (Å²) >= 11 is 0. The lowest BCUT2D eigenvalue weighted by Crippen LogP contribution is -2.41. The molecule has 0 saturated carbocycles. The van der Waals surface area contributed by atoms with E-state index >= 15 is 0 Å². The van der Waals surface area contributed by atoms with E-state index in [4.69, 9.17) is 10.5 Å². The molecule has 0 radical (unpaired) electrons. The molecule has 2 N–H and O–H groups in total. The van der Waals surface area contributed by atoms with E-state index in [0.29, 0.717) is 18.9 Å². The molecule has 90 valence electrons. The predicted octanol–water partition coefficient (Wildman–Crippen LogP) is -0.919. The molecule has 1 atom stereocenters. The largest absolute Gasteiger partial charge is 0.383 e. The third kappa shape index (κ3) is 4.06. The van der Waals surface area contributed by atoms with Crippen molar-refractivity contribution >= 4 is 9.84 Å². The van der Waals surface area contributed by atoms with Crippen molar-refractivity contribution in [3.8, 4) is 0 Å². The zero-order valence-electron chi connectivity index (χ0n) is 9.18. The molecule has 0 aromatic rings. The molecule has 0 aromatic carbocycles. The van der Waals surface area contributed by atoms with E-state index in [0.717, 1.165) is 19.5 Å². The topological polar surface area (TPSA) is 72.6 Å². The summed E-state index contributed by atoms with van der Waals surface area (Å²) < 4.78 is 27.7. The van der Waals surface area contributed by atoms with Crippen molar-refractivity contribution in [3.05, 3.63) is 0 Å².